The molecule has 1 aromatic heterocycles. The van der Waals surface area contributed by atoms with Gasteiger partial charge in [-0.15, -0.1) is 0 Å². The molecule has 1 aliphatic rings. The van der Waals surface area contributed by atoms with Crippen LogP contribution in [0.2, 0.25) is 0 Å². The van der Waals surface area contributed by atoms with Gasteiger partial charge in [0.05, 0.1) is 6.20 Å². The Morgan fingerprint density at radius 1 is 1.35 bits per heavy atom. The molecule has 0 unspecified atom stereocenters. The van der Waals surface area contributed by atoms with E-state index in [2.05, 4.69) is 39.5 Å². The van der Waals surface area contributed by atoms with Crippen molar-refractivity contribution in [2.24, 2.45) is 5.92 Å². The number of aromatic nitrogens is 2. The van der Waals surface area contributed by atoms with E-state index < -0.39 is 0 Å². The van der Waals surface area contributed by atoms with Crippen LogP contribution in [0.15, 0.2) is 6.20 Å². The molecule has 0 atom stereocenters. The fraction of sp³-hybridized carbons (Fsp3) is 0.714. The number of piperidine rings is 1. The lowest BCUT2D eigenvalue weighted by atomic mass is 9.97. The summed E-state index contributed by atoms with van der Waals surface area (Å²) in [7, 11) is 2.14. The van der Waals surface area contributed by atoms with Gasteiger partial charge in [0, 0.05) is 13.1 Å². The molecule has 1 fully saturated rings. The third-order valence-electron chi connectivity index (χ3n) is 3.67. The molecule has 2 heterocycles. The van der Waals surface area contributed by atoms with Crippen LogP contribution in [0.25, 0.3) is 0 Å². The Morgan fingerprint density at radius 3 is 2.80 bits per heavy atom. The SMILES string of the molecule is CCCNc1ncc(F)c(NCC2CCN(C)CC2)n1. The quantitative estimate of drug-likeness (QED) is 0.837. The first-order chi connectivity index (χ1) is 9.69. The van der Waals surface area contributed by atoms with Crippen LogP contribution in [-0.2, 0) is 0 Å². The molecule has 0 aliphatic carbocycles. The van der Waals surface area contributed by atoms with Crippen molar-refractivity contribution in [3.8, 4) is 0 Å². The molecule has 0 spiro atoms. The van der Waals surface area contributed by atoms with Gasteiger partial charge in [-0.25, -0.2) is 9.37 Å². The van der Waals surface area contributed by atoms with Gasteiger partial charge in [0.15, 0.2) is 11.6 Å². The Morgan fingerprint density at radius 2 is 2.10 bits per heavy atom. The summed E-state index contributed by atoms with van der Waals surface area (Å²) in [6, 6.07) is 0. The highest BCUT2D eigenvalue weighted by molar-refractivity contribution is 5.41. The first-order valence-electron chi connectivity index (χ1n) is 7.38. The van der Waals surface area contributed by atoms with Gasteiger partial charge >= 0.3 is 0 Å². The molecule has 0 saturated carbocycles. The predicted octanol–water partition coefficient (Wildman–Crippen LogP) is 2.19. The summed E-state index contributed by atoms with van der Waals surface area (Å²) in [6.45, 7) is 5.86. The van der Waals surface area contributed by atoms with Crippen molar-refractivity contribution in [2.45, 2.75) is 26.2 Å². The summed E-state index contributed by atoms with van der Waals surface area (Å²) in [6.07, 6.45) is 4.51. The van der Waals surface area contributed by atoms with Crippen molar-refractivity contribution < 1.29 is 4.39 Å². The maximum Gasteiger partial charge on any atom is 0.224 e. The van der Waals surface area contributed by atoms with Crippen LogP contribution in [-0.4, -0.2) is 48.1 Å². The Balaban J connectivity index is 1.87. The summed E-state index contributed by atoms with van der Waals surface area (Å²) < 4.78 is 13.7. The van der Waals surface area contributed by atoms with Gasteiger partial charge in [-0.1, -0.05) is 6.92 Å². The highest BCUT2D eigenvalue weighted by Crippen LogP contribution is 2.18. The summed E-state index contributed by atoms with van der Waals surface area (Å²) >= 11 is 0. The maximum absolute atomic E-state index is 13.7. The summed E-state index contributed by atoms with van der Waals surface area (Å²) in [5.74, 6) is 0.990. The number of rotatable bonds is 6. The number of halogens is 1. The second-order valence-electron chi connectivity index (χ2n) is 5.44. The number of anilines is 2. The minimum absolute atomic E-state index is 0.303. The van der Waals surface area contributed by atoms with E-state index >= 15 is 0 Å². The van der Waals surface area contributed by atoms with Gasteiger partial charge < -0.3 is 15.5 Å². The first kappa shape index (κ1) is 15.0. The zero-order chi connectivity index (χ0) is 14.4. The summed E-state index contributed by atoms with van der Waals surface area (Å²) in [5, 5.41) is 6.20. The molecule has 1 saturated heterocycles. The number of hydrogen-bond donors (Lipinski definition) is 2. The normalized spacial score (nSPS) is 17.1. The molecule has 5 nitrogen and oxygen atoms in total. The largest absolute Gasteiger partial charge is 0.367 e. The van der Waals surface area contributed by atoms with Crippen LogP contribution in [0.1, 0.15) is 26.2 Å². The standard InChI is InChI=1S/C14H24FN5/c1-3-6-16-14-18-10-12(15)13(19-14)17-9-11-4-7-20(2)8-5-11/h10-11H,3-9H2,1-2H3,(H2,16,17,18,19). The van der Waals surface area contributed by atoms with Crippen LogP contribution in [0, 0.1) is 11.7 Å². The van der Waals surface area contributed by atoms with Gasteiger partial charge in [-0.3, -0.25) is 0 Å². The van der Waals surface area contributed by atoms with Crippen LogP contribution in [0.3, 0.4) is 0 Å². The average molecular weight is 281 g/mol. The zero-order valence-electron chi connectivity index (χ0n) is 12.3. The molecule has 112 valence electrons. The zero-order valence-corrected chi connectivity index (χ0v) is 12.3. The lowest BCUT2D eigenvalue weighted by Crippen LogP contribution is -2.33. The molecule has 0 amide bonds. The Labute approximate surface area is 120 Å². The van der Waals surface area contributed by atoms with E-state index in [0.29, 0.717) is 17.7 Å². The fourth-order valence-corrected chi connectivity index (χ4v) is 2.32. The van der Waals surface area contributed by atoms with E-state index in [9.17, 15) is 4.39 Å². The molecule has 1 aromatic rings. The van der Waals surface area contributed by atoms with E-state index in [-0.39, 0.29) is 5.82 Å². The van der Waals surface area contributed by atoms with E-state index in [1.807, 2.05) is 0 Å². The summed E-state index contributed by atoms with van der Waals surface area (Å²) in [4.78, 5) is 10.5. The Hall–Kier alpha value is -1.43. The van der Waals surface area contributed by atoms with E-state index in [0.717, 1.165) is 45.4 Å². The number of nitrogens with one attached hydrogen (secondary N) is 2. The molecule has 0 bridgehead atoms. The predicted molar refractivity (Wildman–Crippen MR) is 79.5 cm³/mol. The molecular weight excluding hydrogens is 257 g/mol. The van der Waals surface area contributed by atoms with Crippen LogP contribution in [0.5, 0.6) is 0 Å². The minimum Gasteiger partial charge on any atom is -0.367 e. The maximum atomic E-state index is 13.7. The molecule has 0 radical (unpaired) electrons. The highest BCUT2D eigenvalue weighted by Gasteiger charge is 2.17. The van der Waals surface area contributed by atoms with E-state index in [1.54, 1.807) is 0 Å². The molecule has 1 aliphatic heterocycles. The molecule has 20 heavy (non-hydrogen) atoms. The second kappa shape index (κ2) is 7.38. The fourth-order valence-electron chi connectivity index (χ4n) is 2.32. The monoisotopic (exact) mass is 281 g/mol. The molecule has 2 rings (SSSR count). The van der Waals surface area contributed by atoms with Gasteiger partial charge in [0.1, 0.15) is 0 Å². The number of nitrogens with zero attached hydrogens (tertiary/aromatic N) is 3. The summed E-state index contributed by atoms with van der Waals surface area (Å²) in [5.41, 5.74) is 0. The molecule has 0 aromatic carbocycles. The van der Waals surface area contributed by atoms with E-state index in [1.165, 1.54) is 6.20 Å². The van der Waals surface area contributed by atoms with Crippen molar-refractivity contribution in [1.29, 1.82) is 0 Å². The third kappa shape index (κ3) is 4.30. The van der Waals surface area contributed by atoms with Crippen LogP contribution in [0.4, 0.5) is 16.2 Å². The molecule has 2 N–H and O–H groups in total. The Bertz CT molecular complexity index is 418. The topological polar surface area (TPSA) is 53.1 Å². The highest BCUT2D eigenvalue weighted by atomic mass is 19.1. The molecular formula is C14H24FN5. The minimum atomic E-state index is -0.389. The number of likely N-dealkylation sites (tertiary alicyclic amines) is 1. The molecule has 6 heteroatoms. The van der Waals surface area contributed by atoms with Gasteiger partial charge in [-0.05, 0) is 45.3 Å². The second-order valence-corrected chi connectivity index (χ2v) is 5.44. The van der Waals surface area contributed by atoms with Gasteiger partial charge in [0.25, 0.3) is 0 Å². The van der Waals surface area contributed by atoms with Crippen molar-refractivity contribution in [2.75, 3.05) is 43.9 Å². The van der Waals surface area contributed by atoms with Gasteiger partial charge in [-0.2, -0.15) is 4.98 Å². The average Bonchev–Trinajstić information content (AvgIpc) is 2.46. The van der Waals surface area contributed by atoms with Crippen molar-refractivity contribution in [1.82, 2.24) is 14.9 Å². The Kier molecular flexibility index (Phi) is 5.52. The van der Waals surface area contributed by atoms with E-state index in [4.69, 9.17) is 0 Å². The smallest absolute Gasteiger partial charge is 0.224 e. The van der Waals surface area contributed by atoms with Crippen LogP contribution < -0.4 is 10.6 Å². The third-order valence-corrected chi connectivity index (χ3v) is 3.67. The lowest BCUT2D eigenvalue weighted by Gasteiger charge is -2.29. The van der Waals surface area contributed by atoms with Crippen molar-refractivity contribution >= 4 is 11.8 Å². The first-order valence-corrected chi connectivity index (χ1v) is 7.38. The van der Waals surface area contributed by atoms with Crippen LogP contribution >= 0.6 is 0 Å². The number of hydrogen-bond acceptors (Lipinski definition) is 5. The van der Waals surface area contributed by atoms with Crippen molar-refractivity contribution in [3.63, 3.8) is 0 Å². The lowest BCUT2D eigenvalue weighted by molar-refractivity contribution is 0.226. The van der Waals surface area contributed by atoms with Gasteiger partial charge in [0.2, 0.25) is 5.95 Å². The van der Waals surface area contributed by atoms with Crippen molar-refractivity contribution in [3.05, 3.63) is 12.0 Å².